The number of Topliss-reactive ketones (excluding diaryl/α,β-unsaturated/α-hetero) is 1. The summed E-state index contributed by atoms with van der Waals surface area (Å²) in [5.74, 6) is -0.943. The van der Waals surface area contributed by atoms with Crippen LogP contribution in [0.25, 0.3) is 0 Å². The molecule has 0 bridgehead atoms. The Morgan fingerprint density at radius 3 is 2.21 bits per heavy atom. The van der Waals surface area contributed by atoms with Gasteiger partial charge in [0.2, 0.25) is 0 Å². The molecule has 1 aromatic carbocycles. The van der Waals surface area contributed by atoms with Gasteiger partial charge in [0.1, 0.15) is 5.69 Å². The van der Waals surface area contributed by atoms with Crippen LogP contribution in [-0.2, 0) is 11.3 Å². The van der Waals surface area contributed by atoms with E-state index in [0.717, 1.165) is 0 Å². The number of hydrogen-bond acceptors (Lipinski definition) is 4. The predicted octanol–water partition coefficient (Wildman–Crippen LogP) is 4.30. The van der Waals surface area contributed by atoms with Crippen molar-refractivity contribution in [2.45, 2.75) is 47.2 Å². The van der Waals surface area contributed by atoms with E-state index < -0.39 is 5.97 Å². The molecule has 0 aliphatic rings. The van der Waals surface area contributed by atoms with Crippen LogP contribution in [0.5, 0.6) is 0 Å². The number of ketones is 1. The molecule has 0 aliphatic carbocycles. The highest BCUT2D eigenvalue weighted by Crippen LogP contribution is 2.24. The fourth-order valence-electron chi connectivity index (χ4n) is 3.54. The van der Waals surface area contributed by atoms with E-state index in [0.29, 0.717) is 39.6 Å². The Morgan fingerprint density at radius 1 is 1.14 bits per heavy atom. The first kappa shape index (κ1) is 22.7. The lowest BCUT2D eigenvalue weighted by molar-refractivity contribution is 0.0587. The number of carbonyl (C=O) groups excluding carboxylic acids is 3. The minimum Gasteiger partial charge on any atom is -0.464 e. The van der Waals surface area contributed by atoms with Gasteiger partial charge in [0.15, 0.2) is 5.78 Å². The van der Waals surface area contributed by atoms with E-state index in [1.807, 2.05) is 20.8 Å². The van der Waals surface area contributed by atoms with Gasteiger partial charge in [0.05, 0.1) is 13.7 Å². The standard InChI is InChI=1S/C22H27ClN2O4/c1-7-24-15(5)19(14(4)20(24)22(28)29-6)18(26)12-25(13(2)3)21(27)16-8-10-17(23)11-9-16/h8-11,13H,7,12H2,1-6H3. The van der Waals surface area contributed by atoms with Gasteiger partial charge in [-0.15, -0.1) is 0 Å². The van der Waals surface area contributed by atoms with Crippen molar-refractivity contribution >= 4 is 29.3 Å². The van der Waals surface area contributed by atoms with Crippen molar-refractivity contribution in [2.75, 3.05) is 13.7 Å². The van der Waals surface area contributed by atoms with Gasteiger partial charge in [0, 0.05) is 34.4 Å². The predicted molar refractivity (Wildman–Crippen MR) is 113 cm³/mol. The molecule has 156 valence electrons. The molecule has 1 heterocycles. The van der Waals surface area contributed by atoms with Gasteiger partial charge in [-0.3, -0.25) is 9.59 Å². The molecule has 2 aromatic rings. The third-order valence-corrected chi connectivity index (χ3v) is 5.28. The van der Waals surface area contributed by atoms with Crippen LogP contribution in [0.2, 0.25) is 5.02 Å². The van der Waals surface area contributed by atoms with Crippen LogP contribution in [0, 0.1) is 13.8 Å². The van der Waals surface area contributed by atoms with E-state index in [1.165, 1.54) is 12.0 Å². The maximum Gasteiger partial charge on any atom is 0.354 e. The Balaban J connectivity index is 2.40. The Bertz CT molecular complexity index is 929. The van der Waals surface area contributed by atoms with Crippen molar-refractivity contribution in [3.63, 3.8) is 0 Å². The number of carbonyl (C=O) groups is 3. The van der Waals surface area contributed by atoms with Crippen molar-refractivity contribution in [1.82, 2.24) is 9.47 Å². The first-order valence-electron chi connectivity index (χ1n) is 9.51. The van der Waals surface area contributed by atoms with E-state index >= 15 is 0 Å². The number of benzene rings is 1. The Labute approximate surface area is 176 Å². The molecule has 0 radical (unpaired) electrons. The second-order valence-corrected chi connectivity index (χ2v) is 7.56. The number of halogens is 1. The smallest absolute Gasteiger partial charge is 0.354 e. The maximum atomic E-state index is 13.2. The fraction of sp³-hybridized carbons (Fsp3) is 0.409. The molecular weight excluding hydrogens is 392 g/mol. The van der Waals surface area contributed by atoms with Crippen molar-refractivity contribution < 1.29 is 19.1 Å². The zero-order valence-corrected chi connectivity index (χ0v) is 18.5. The van der Waals surface area contributed by atoms with Crippen molar-refractivity contribution in [1.29, 1.82) is 0 Å². The second-order valence-electron chi connectivity index (χ2n) is 7.13. The zero-order chi connectivity index (χ0) is 21.9. The van der Waals surface area contributed by atoms with Gasteiger partial charge in [-0.2, -0.15) is 0 Å². The van der Waals surface area contributed by atoms with E-state index in [-0.39, 0.29) is 24.3 Å². The van der Waals surface area contributed by atoms with Crippen molar-refractivity contribution in [3.8, 4) is 0 Å². The van der Waals surface area contributed by atoms with Gasteiger partial charge in [-0.25, -0.2) is 4.79 Å². The summed E-state index contributed by atoms with van der Waals surface area (Å²) in [5, 5.41) is 0.538. The van der Waals surface area contributed by atoms with Crippen LogP contribution >= 0.6 is 11.6 Å². The van der Waals surface area contributed by atoms with Crippen molar-refractivity contribution in [3.05, 3.63) is 57.4 Å². The molecule has 0 spiro atoms. The molecule has 6 nitrogen and oxygen atoms in total. The molecule has 0 saturated carbocycles. The number of aromatic nitrogens is 1. The summed E-state index contributed by atoms with van der Waals surface area (Å²) in [7, 11) is 1.32. The van der Waals surface area contributed by atoms with Crippen LogP contribution in [0.1, 0.15) is 63.2 Å². The van der Waals surface area contributed by atoms with Gasteiger partial charge in [0.25, 0.3) is 5.91 Å². The molecule has 2 rings (SSSR count). The number of esters is 1. The monoisotopic (exact) mass is 418 g/mol. The molecule has 0 saturated heterocycles. The van der Waals surface area contributed by atoms with Crippen LogP contribution in [0.4, 0.5) is 0 Å². The van der Waals surface area contributed by atoms with E-state index in [1.54, 1.807) is 42.7 Å². The molecule has 0 fully saturated rings. The molecule has 0 unspecified atom stereocenters. The Kier molecular flexibility index (Phi) is 7.25. The molecule has 1 amide bonds. The van der Waals surface area contributed by atoms with Gasteiger partial charge in [-0.1, -0.05) is 11.6 Å². The van der Waals surface area contributed by atoms with Crippen LogP contribution in [-0.4, -0.2) is 46.8 Å². The number of amides is 1. The van der Waals surface area contributed by atoms with Crippen LogP contribution < -0.4 is 0 Å². The first-order valence-corrected chi connectivity index (χ1v) is 9.89. The largest absolute Gasteiger partial charge is 0.464 e. The van der Waals surface area contributed by atoms with Gasteiger partial charge in [-0.05, 0) is 64.4 Å². The number of rotatable bonds is 7. The second kappa shape index (κ2) is 9.27. The average Bonchev–Trinajstić information content (AvgIpc) is 2.94. The zero-order valence-electron chi connectivity index (χ0n) is 17.7. The number of methoxy groups -OCH3 is 1. The number of hydrogen-bond donors (Lipinski definition) is 0. The van der Waals surface area contributed by atoms with Gasteiger partial charge < -0.3 is 14.2 Å². The molecule has 0 atom stereocenters. The third kappa shape index (κ3) is 4.53. The normalized spacial score (nSPS) is 10.9. The summed E-state index contributed by atoms with van der Waals surface area (Å²) >= 11 is 5.91. The Hall–Kier alpha value is -2.60. The highest BCUT2D eigenvalue weighted by Gasteiger charge is 2.29. The SMILES string of the molecule is CCn1c(C)c(C(=O)CN(C(=O)c2ccc(Cl)cc2)C(C)C)c(C)c1C(=O)OC. The molecular formula is C22H27ClN2O4. The van der Waals surface area contributed by atoms with Gasteiger partial charge >= 0.3 is 5.97 Å². The minimum atomic E-state index is -0.482. The quantitative estimate of drug-likeness (QED) is 0.496. The summed E-state index contributed by atoms with van der Waals surface area (Å²) in [4.78, 5) is 39.9. The molecule has 1 aromatic heterocycles. The number of ether oxygens (including phenoxy) is 1. The topological polar surface area (TPSA) is 68.6 Å². The van der Waals surface area contributed by atoms with Crippen LogP contribution in [0.3, 0.4) is 0 Å². The van der Waals surface area contributed by atoms with E-state index in [4.69, 9.17) is 16.3 Å². The van der Waals surface area contributed by atoms with Crippen LogP contribution in [0.15, 0.2) is 24.3 Å². The maximum absolute atomic E-state index is 13.2. The lowest BCUT2D eigenvalue weighted by Gasteiger charge is -2.26. The molecule has 7 heteroatoms. The highest BCUT2D eigenvalue weighted by atomic mass is 35.5. The van der Waals surface area contributed by atoms with E-state index in [2.05, 4.69) is 0 Å². The summed E-state index contributed by atoms with van der Waals surface area (Å²) in [6.45, 7) is 9.60. The van der Waals surface area contributed by atoms with E-state index in [9.17, 15) is 14.4 Å². The summed E-state index contributed by atoms with van der Waals surface area (Å²) in [5.41, 5.74) is 2.56. The highest BCUT2D eigenvalue weighted by molar-refractivity contribution is 6.30. The average molecular weight is 419 g/mol. The summed E-state index contributed by atoms with van der Waals surface area (Å²) in [6.07, 6.45) is 0. The lowest BCUT2D eigenvalue weighted by Crippen LogP contribution is -2.41. The summed E-state index contributed by atoms with van der Waals surface area (Å²) in [6, 6.07) is 6.39. The first-order chi connectivity index (χ1) is 13.6. The summed E-state index contributed by atoms with van der Waals surface area (Å²) < 4.78 is 6.66. The number of nitrogens with zero attached hydrogens (tertiary/aromatic N) is 2. The Morgan fingerprint density at radius 2 is 1.72 bits per heavy atom. The lowest BCUT2D eigenvalue weighted by atomic mass is 10.0. The fourth-order valence-corrected chi connectivity index (χ4v) is 3.67. The third-order valence-electron chi connectivity index (χ3n) is 5.03. The molecule has 29 heavy (non-hydrogen) atoms. The minimum absolute atomic E-state index is 0.0881. The molecule has 0 N–H and O–H groups in total. The van der Waals surface area contributed by atoms with Crippen molar-refractivity contribution in [2.24, 2.45) is 0 Å². The molecule has 0 aliphatic heterocycles.